The number of unbranched alkanes of at least 4 members (excludes halogenated alkanes) is 2. The molecule has 0 atom stereocenters. The summed E-state index contributed by atoms with van der Waals surface area (Å²) >= 11 is 0. The van der Waals surface area contributed by atoms with Gasteiger partial charge in [-0.15, -0.1) is 5.06 Å². The molecule has 2 aliphatic rings. The number of hydroxylamine groups is 2. The Morgan fingerprint density at radius 2 is 1.10 bits per heavy atom. The predicted octanol–water partition coefficient (Wildman–Crippen LogP) is 7.13. The number of amides is 2. The maximum Gasteiger partial charge on any atom is 0.333 e. The van der Waals surface area contributed by atoms with Gasteiger partial charge in [0.2, 0.25) is 0 Å². The molecule has 486 valence electrons. The summed E-state index contributed by atoms with van der Waals surface area (Å²) in [6, 6.07) is 10.3. The van der Waals surface area contributed by atoms with Crippen LogP contribution in [0, 0.1) is 5.41 Å². The Labute approximate surface area is 509 Å². The van der Waals surface area contributed by atoms with Crippen LogP contribution in [-0.4, -0.2) is 220 Å². The minimum absolute atomic E-state index is 0.0213. The smallest absolute Gasteiger partial charge is 0.333 e. The van der Waals surface area contributed by atoms with Gasteiger partial charge >= 0.3 is 5.97 Å². The van der Waals surface area contributed by atoms with Gasteiger partial charge < -0.3 is 76.6 Å². The Kier molecular flexibility index (Phi) is 35.4. The molecule has 2 N–H and O–H groups in total. The van der Waals surface area contributed by atoms with Crippen LogP contribution in [0.15, 0.2) is 71.3 Å². The van der Waals surface area contributed by atoms with E-state index in [1.807, 2.05) is 44.2 Å². The van der Waals surface area contributed by atoms with E-state index in [1.54, 1.807) is 26.4 Å². The fourth-order valence-corrected chi connectivity index (χ4v) is 9.74. The molecule has 1 fully saturated rings. The van der Waals surface area contributed by atoms with Gasteiger partial charge in [-0.1, -0.05) is 59.3 Å². The predicted molar refractivity (Wildman–Crippen MR) is 324 cm³/mol. The molecule has 2 aromatic carbocycles. The molecule has 0 unspecified atom stereocenters. The van der Waals surface area contributed by atoms with Crippen molar-refractivity contribution in [1.29, 1.82) is 0 Å². The summed E-state index contributed by atoms with van der Waals surface area (Å²) in [5.41, 5.74) is 3.88. The van der Waals surface area contributed by atoms with Crippen molar-refractivity contribution in [1.82, 2.24) is 5.06 Å². The third-order valence-electron chi connectivity index (χ3n) is 13.8. The number of methoxy groups -OCH3 is 2. The summed E-state index contributed by atoms with van der Waals surface area (Å²) < 4.78 is 101. The second kappa shape index (κ2) is 41.3. The number of anilines is 2. The largest absolute Gasteiger partial charge is 0.507 e. The first-order valence-corrected chi connectivity index (χ1v) is 31.2. The number of fused-ring (bicyclic) bond motifs is 1. The Balaban J connectivity index is 1.35. The second-order valence-electron chi connectivity index (χ2n) is 21.7. The lowest BCUT2D eigenvalue weighted by Gasteiger charge is -2.28. The number of benzene rings is 2. The van der Waals surface area contributed by atoms with Crippen molar-refractivity contribution in [3.63, 3.8) is 0 Å². The quantitative estimate of drug-likeness (QED) is 0.0379. The van der Waals surface area contributed by atoms with Crippen LogP contribution in [-0.2, 0) is 91.6 Å². The van der Waals surface area contributed by atoms with E-state index in [-0.39, 0.29) is 35.3 Å². The van der Waals surface area contributed by atoms with Gasteiger partial charge in [0.05, 0.1) is 150 Å². The standard InChI is InChI=1S/C62H97N3O20S/c1-61(2,3)53(14-10-8-11-15-57-62(4,5)54-49-51(86(70,71)72)18-20-55(54)64(57)23-13-9-12-16-60(69)85-65-58(67)21-22-59(65)68)52-19-17-50(48-56(52)66)63(24-26-75-32-34-79-40-42-83-46-44-81-38-36-77-30-28-73-6)25-27-76-33-35-80-41-43-84-47-45-82-39-37-78-31-29-74-7/h8,11,14-15,17-20,48-49,66H,9-10,12-13,16,21-47H2,1-7H3,(H,70,71,72)/b11-8+,53-14+,57-15+. The molecule has 1 saturated heterocycles. The highest BCUT2D eigenvalue weighted by molar-refractivity contribution is 7.85. The number of hydrogen-bond donors (Lipinski definition) is 2. The Morgan fingerprint density at radius 3 is 1.55 bits per heavy atom. The zero-order valence-corrected chi connectivity index (χ0v) is 52.7. The molecule has 2 aromatic rings. The van der Waals surface area contributed by atoms with Crippen LogP contribution in [0.25, 0.3) is 5.57 Å². The molecule has 2 aliphatic heterocycles. The van der Waals surface area contributed by atoms with E-state index >= 15 is 0 Å². The number of rotatable bonds is 49. The SMILES string of the molecule is COCCOCCOCCOCCOCCOCCN(CCOCCOCCOCCOCCOCCOC)c1ccc(/C(=C\C/C=C/C=C2/N(CCCCCC(=O)ON3C(=O)CCC3=O)c3ccc(S(=O)(=O)O)cc3C2(C)C)C(C)(C)C)c(O)c1. The highest BCUT2D eigenvalue weighted by atomic mass is 32.2. The fourth-order valence-electron chi connectivity index (χ4n) is 9.23. The summed E-state index contributed by atoms with van der Waals surface area (Å²) in [5.74, 6) is -1.58. The Morgan fingerprint density at radius 1 is 0.640 bits per heavy atom. The summed E-state index contributed by atoms with van der Waals surface area (Å²) in [7, 11) is -1.20. The van der Waals surface area contributed by atoms with Gasteiger partial charge in [0, 0.05) is 87.2 Å². The van der Waals surface area contributed by atoms with E-state index in [9.17, 15) is 32.5 Å². The van der Waals surface area contributed by atoms with E-state index in [2.05, 4.69) is 36.6 Å². The molecular weight excluding hydrogens is 1140 g/mol. The van der Waals surface area contributed by atoms with E-state index in [0.717, 1.165) is 28.2 Å². The van der Waals surface area contributed by atoms with E-state index in [4.69, 9.17) is 61.7 Å². The highest BCUT2D eigenvalue weighted by Gasteiger charge is 2.40. The Hall–Kier alpha value is -4.90. The first-order valence-electron chi connectivity index (χ1n) is 29.8. The number of ether oxygens (including phenoxy) is 12. The summed E-state index contributed by atoms with van der Waals surface area (Å²) in [6.07, 6.45) is 10.4. The summed E-state index contributed by atoms with van der Waals surface area (Å²) in [5, 5.41) is 12.3. The van der Waals surface area contributed by atoms with Crippen LogP contribution < -0.4 is 9.80 Å². The zero-order valence-electron chi connectivity index (χ0n) is 51.9. The normalized spacial score (nSPS) is 15.1. The van der Waals surface area contributed by atoms with Crippen LogP contribution >= 0.6 is 0 Å². The molecule has 0 aromatic heterocycles. The molecular formula is C62H97N3O20S. The van der Waals surface area contributed by atoms with Gasteiger partial charge in [0.15, 0.2) is 0 Å². The van der Waals surface area contributed by atoms with Crippen molar-refractivity contribution >= 4 is 44.8 Å². The molecule has 2 amide bonds. The van der Waals surface area contributed by atoms with Crippen molar-refractivity contribution in [3.8, 4) is 5.75 Å². The van der Waals surface area contributed by atoms with Crippen LogP contribution in [0.5, 0.6) is 5.75 Å². The lowest BCUT2D eigenvalue weighted by Crippen LogP contribution is -2.32. The van der Waals surface area contributed by atoms with E-state index in [0.29, 0.717) is 201 Å². The van der Waals surface area contributed by atoms with E-state index in [1.165, 1.54) is 12.1 Å². The number of phenols is 1. The van der Waals surface area contributed by atoms with Gasteiger partial charge in [0.25, 0.3) is 21.9 Å². The van der Waals surface area contributed by atoms with Gasteiger partial charge in [-0.2, -0.15) is 8.42 Å². The van der Waals surface area contributed by atoms with Crippen molar-refractivity contribution in [2.45, 2.75) is 89.9 Å². The first-order chi connectivity index (χ1) is 41.4. The molecule has 86 heavy (non-hydrogen) atoms. The number of carbonyl (C=O) groups excluding carboxylic acids is 3. The number of imide groups is 1. The summed E-state index contributed by atoms with van der Waals surface area (Å²) in [6.45, 7) is 22.1. The molecule has 0 radical (unpaired) electrons. The van der Waals surface area contributed by atoms with Crippen molar-refractivity contribution < 1.29 is 94.1 Å². The second-order valence-corrected chi connectivity index (χ2v) is 23.1. The van der Waals surface area contributed by atoms with E-state index < -0.39 is 33.3 Å². The molecule has 23 nitrogen and oxygen atoms in total. The first kappa shape index (κ1) is 73.6. The molecule has 2 heterocycles. The third-order valence-corrected chi connectivity index (χ3v) is 14.6. The van der Waals surface area contributed by atoms with Crippen LogP contribution in [0.1, 0.15) is 90.7 Å². The lowest BCUT2D eigenvalue weighted by atomic mass is 9.81. The van der Waals surface area contributed by atoms with Crippen molar-refractivity contribution in [3.05, 3.63) is 77.5 Å². The maximum atomic E-state index is 12.5. The van der Waals surface area contributed by atoms with Gasteiger partial charge in [-0.25, -0.2) is 4.79 Å². The van der Waals surface area contributed by atoms with Crippen LogP contribution in [0.3, 0.4) is 0 Å². The molecule has 0 spiro atoms. The van der Waals surface area contributed by atoms with Gasteiger partial charge in [-0.3, -0.25) is 14.1 Å². The van der Waals surface area contributed by atoms with Gasteiger partial charge in [-0.05, 0) is 72.2 Å². The molecule has 0 saturated carbocycles. The lowest BCUT2D eigenvalue weighted by molar-refractivity contribution is -0.197. The monoisotopic (exact) mass is 1240 g/mol. The van der Waals surface area contributed by atoms with Crippen LogP contribution in [0.4, 0.5) is 11.4 Å². The molecule has 0 bridgehead atoms. The number of allylic oxidation sites excluding steroid dienone is 6. The minimum Gasteiger partial charge on any atom is -0.507 e. The number of phenolic OH excluding ortho intramolecular Hbond substituents is 1. The number of nitrogens with zero attached hydrogens (tertiary/aromatic N) is 3. The summed E-state index contributed by atoms with van der Waals surface area (Å²) in [4.78, 5) is 45.3. The molecule has 4 rings (SSSR count). The van der Waals surface area contributed by atoms with Crippen molar-refractivity contribution in [2.24, 2.45) is 5.41 Å². The third kappa shape index (κ3) is 27.6. The topological polar surface area (TPSA) is 256 Å². The zero-order chi connectivity index (χ0) is 62.5. The number of hydrogen-bond acceptors (Lipinski definition) is 21. The average molecular weight is 1240 g/mol. The van der Waals surface area contributed by atoms with Crippen molar-refractivity contribution in [2.75, 3.05) is 189 Å². The van der Waals surface area contributed by atoms with Crippen LogP contribution in [0.2, 0.25) is 0 Å². The van der Waals surface area contributed by atoms with Gasteiger partial charge in [0.1, 0.15) is 5.75 Å². The highest BCUT2D eigenvalue weighted by Crippen LogP contribution is 2.49. The maximum absolute atomic E-state index is 12.5. The number of aromatic hydroxyl groups is 1. The average Bonchev–Trinajstić information content (AvgIpc) is 1.67. The molecule has 0 aliphatic carbocycles. The Bertz CT molecular complexity index is 2450. The molecule has 24 heteroatoms. The minimum atomic E-state index is -4.47. The fraction of sp³-hybridized carbons (Fsp3) is 0.661. The number of carbonyl (C=O) groups is 3.